The lowest BCUT2D eigenvalue weighted by atomic mass is 9.87. The van der Waals surface area contributed by atoms with Crippen LogP contribution in [-0.4, -0.2) is 54.6 Å². The molecule has 0 bridgehead atoms. The Labute approximate surface area is 174 Å². The van der Waals surface area contributed by atoms with E-state index in [-0.39, 0.29) is 52.3 Å². The van der Waals surface area contributed by atoms with Crippen molar-refractivity contribution < 1.29 is 18.1 Å². The molecule has 0 radical (unpaired) electrons. The molecule has 0 atom stereocenters. The van der Waals surface area contributed by atoms with Crippen molar-refractivity contribution in [2.45, 2.75) is 31.1 Å². The molecule has 0 aliphatic carbocycles. The van der Waals surface area contributed by atoms with Gasteiger partial charge in [0, 0.05) is 32.2 Å². The minimum atomic E-state index is -3.64. The van der Waals surface area contributed by atoms with Crippen LogP contribution in [0.2, 0.25) is 0 Å². The fourth-order valence-electron chi connectivity index (χ4n) is 3.10. The Morgan fingerprint density at radius 1 is 1.03 bits per heavy atom. The van der Waals surface area contributed by atoms with E-state index in [1.807, 2.05) is 12.1 Å². The smallest absolute Gasteiger partial charge is 0.324 e. The molecular weight excluding hydrogens is 414 g/mol. The molecule has 10 heteroatoms. The SMILES string of the molecule is CC(C)(C)c1ccc(S(=O)(=O)N2CCN(C(=O)c3ccc([N+](=O)[O-])s3)CC2)cc1. The van der Waals surface area contributed by atoms with Gasteiger partial charge in [-0.15, -0.1) is 0 Å². The Bertz CT molecular complexity index is 1010. The Balaban J connectivity index is 1.67. The molecule has 0 N–H and O–H groups in total. The van der Waals surface area contributed by atoms with Crippen LogP contribution in [0.15, 0.2) is 41.3 Å². The number of benzene rings is 1. The summed E-state index contributed by atoms with van der Waals surface area (Å²) in [6.07, 6.45) is 0. The van der Waals surface area contributed by atoms with E-state index >= 15 is 0 Å². The van der Waals surface area contributed by atoms with Crippen LogP contribution >= 0.6 is 11.3 Å². The van der Waals surface area contributed by atoms with Gasteiger partial charge >= 0.3 is 5.00 Å². The Morgan fingerprint density at radius 2 is 1.62 bits per heavy atom. The molecule has 3 rings (SSSR count). The summed E-state index contributed by atoms with van der Waals surface area (Å²) in [5, 5.41) is 10.7. The van der Waals surface area contributed by atoms with Crippen LogP contribution in [0.4, 0.5) is 5.00 Å². The van der Waals surface area contributed by atoms with Crippen molar-refractivity contribution in [3.8, 4) is 0 Å². The molecule has 0 unspecified atom stereocenters. The molecule has 1 aromatic carbocycles. The molecule has 2 aromatic rings. The summed E-state index contributed by atoms with van der Waals surface area (Å²) in [7, 11) is -3.64. The van der Waals surface area contributed by atoms with Crippen molar-refractivity contribution in [2.24, 2.45) is 0 Å². The number of thiophene rings is 1. The third-order valence-electron chi connectivity index (χ3n) is 4.87. The first-order valence-electron chi connectivity index (χ1n) is 9.14. The first-order chi connectivity index (χ1) is 13.5. The van der Waals surface area contributed by atoms with Gasteiger partial charge in [-0.2, -0.15) is 4.31 Å². The molecule has 8 nitrogen and oxygen atoms in total. The highest BCUT2D eigenvalue weighted by Gasteiger charge is 2.31. The predicted octanol–water partition coefficient (Wildman–Crippen LogP) is 3.10. The quantitative estimate of drug-likeness (QED) is 0.540. The molecular formula is C19H23N3O5S2. The van der Waals surface area contributed by atoms with E-state index in [1.165, 1.54) is 21.3 Å². The minimum Gasteiger partial charge on any atom is -0.335 e. The zero-order valence-electron chi connectivity index (χ0n) is 16.5. The second kappa shape index (κ2) is 7.85. The van der Waals surface area contributed by atoms with E-state index in [0.717, 1.165) is 16.9 Å². The van der Waals surface area contributed by atoms with Gasteiger partial charge in [0.2, 0.25) is 10.0 Å². The highest BCUT2D eigenvalue weighted by molar-refractivity contribution is 7.89. The lowest BCUT2D eigenvalue weighted by molar-refractivity contribution is -0.380. The molecule has 0 saturated carbocycles. The molecule has 0 spiro atoms. The number of hydrogen-bond donors (Lipinski definition) is 0. The van der Waals surface area contributed by atoms with Crippen molar-refractivity contribution >= 4 is 32.3 Å². The van der Waals surface area contributed by atoms with Crippen LogP contribution in [0.5, 0.6) is 0 Å². The lowest BCUT2D eigenvalue weighted by Crippen LogP contribution is -2.50. The second-order valence-electron chi connectivity index (χ2n) is 7.87. The fourth-order valence-corrected chi connectivity index (χ4v) is 5.31. The molecule has 1 saturated heterocycles. The highest BCUT2D eigenvalue weighted by atomic mass is 32.2. The van der Waals surface area contributed by atoms with Gasteiger partial charge in [-0.05, 0) is 29.2 Å². The number of nitro groups is 1. The Kier molecular flexibility index (Phi) is 5.79. The Hall–Kier alpha value is -2.30. The average Bonchev–Trinajstić information content (AvgIpc) is 3.17. The summed E-state index contributed by atoms with van der Waals surface area (Å²) < 4.78 is 27.2. The molecule has 1 fully saturated rings. The van der Waals surface area contributed by atoms with Gasteiger partial charge in [0.05, 0.1) is 14.7 Å². The zero-order chi connectivity index (χ0) is 21.4. The van der Waals surface area contributed by atoms with Crippen molar-refractivity contribution in [3.63, 3.8) is 0 Å². The third-order valence-corrected chi connectivity index (χ3v) is 7.80. The molecule has 1 aliphatic heterocycles. The van der Waals surface area contributed by atoms with E-state index in [9.17, 15) is 23.3 Å². The summed E-state index contributed by atoms with van der Waals surface area (Å²) >= 11 is 0.827. The van der Waals surface area contributed by atoms with E-state index in [4.69, 9.17) is 0 Å². The minimum absolute atomic E-state index is 0.0643. The number of amides is 1. The normalized spacial score (nSPS) is 16.0. The number of sulfonamides is 1. The van der Waals surface area contributed by atoms with Crippen LogP contribution in [-0.2, 0) is 15.4 Å². The molecule has 1 aromatic heterocycles. The van der Waals surface area contributed by atoms with Gasteiger partial charge < -0.3 is 4.90 Å². The first-order valence-corrected chi connectivity index (χ1v) is 11.4. The van der Waals surface area contributed by atoms with E-state index in [2.05, 4.69) is 20.8 Å². The fraction of sp³-hybridized carbons (Fsp3) is 0.421. The predicted molar refractivity (Wildman–Crippen MR) is 111 cm³/mol. The van der Waals surface area contributed by atoms with E-state index in [1.54, 1.807) is 12.1 Å². The average molecular weight is 438 g/mol. The van der Waals surface area contributed by atoms with E-state index in [0.29, 0.717) is 0 Å². The van der Waals surface area contributed by atoms with Crippen molar-refractivity contribution in [3.05, 3.63) is 57.0 Å². The van der Waals surface area contributed by atoms with Crippen LogP contribution < -0.4 is 0 Å². The van der Waals surface area contributed by atoms with Gasteiger partial charge in [-0.25, -0.2) is 8.42 Å². The topological polar surface area (TPSA) is 101 Å². The number of rotatable bonds is 4. The maximum atomic E-state index is 12.9. The van der Waals surface area contributed by atoms with Gasteiger partial charge in [-0.3, -0.25) is 14.9 Å². The summed E-state index contributed by atoms with van der Waals surface area (Å²) in [5.74, 6) is -0.310. The third kappa shape index (κ3) is 4.49. The molecule has 1 aliphatic rings. The second-order valence-corrected chi connectivity index (χ2v) is 10.9. The van der Waals surface area contributed by atoms with Gasteiger partial charge in [0.25, 0.3) is 5.91 Å². The highest BCUT2D eigenvalue weighted by Crippen LogP contribution is 2.27. The van der Waals surface area contributed by atoms with Gasteiger partial charge in [0.1, 0.15) is 0 Å². The first kappa shape index (κ1) is 21.4. The Morgan fingerprint density at radius 3 is 2.10 bits per heavy atom. The number of carbonyl (C=O) groups is 1. The summed E-state index contributed by atoms with van der Waals surface area (Å²) in [6.45, 7) is 7.04. The standard InChI is InChI=1S/C19H23N3O5S2/c1-19(2,3)14-4-6-15(7-5-14)29(26,27)21-12-10-20(11-13-21)18(23)16-8-9-17(28-16)22(24)25/h4-9H,10-13H2,1-3H3. The molecule has 2 heterocycles. The largest absolute Gasteiger partial charge is 0.335 e. The lowest BCUT2D eigenvalue weighted by Gasteiger charge is -2.33. The van der Waals surface area contributed by atoms with Crippen molar-refractivity contribution in [2.75, 3.05) is 26.2 Å². The number of piperazine rings is 1. The summed E-state index contributed by atoms with van der Waals surface area (Å²) in [6, 6.07) is 9.65. The molecule has 156 valence electrons. The maximum absolute atomic E-state index is 12.9. The van der Waals surface area contributed by atoms with Crippen LogP contribution in [0.1, 0.15) is 36.0 Å². The van der Waals surface area contributed by atoms with Crippen molar-refractivity contribution in [1.82, 2.24) is 9.21 Å². The van der Waals surface area contributed by atoms with Crippen LogP contribution in [0.3, 0.4) is 0 Å². The van der Waals surface area contributed by atoms with Crippen LogP contribution in [0, 0.1) is 10.1 Å². The summed E-state index contributed by atoms with van der Waals surface area (Å²) in [5.41, 5.74) is 0.988. The van der Waals surface area contributed by atoms with Crippen molar-refractivity contribution in [1.29, 1.82) is 0 Å². The monoisotopic (exact) mass is 437 g/mol. The van der Waals surface area contributed by atoms with Crippen LogP contribution in [0.25, 0.3) is 0 Å². The number of nitrogens with zero attached hydrogens (tertiary/aromatic N) is 3. The number of hydrogen-bond acceptors (Lipinski definition) is 6. The maximum Gasteiger partial charge on any atom is 0.324 e. The van der Waals surface area contributed by atoms with Gasteiger partial charge in [0.15, 0.2) is 0 Å². The zero-order valence-corrected chi connectivity index (χ0v) is 18.1. The summed E-state index contributed by atoms with van der Waals surface area (Å²) in [4.78, 5) is 24.9. The number of carbonyl (C=O) groups excluding carboxylic acids is 1. The molecule has 29 heavy (non-hydrogen) atoms. The molecule has 1 amide bonds. The van der Waals surface area contributed by atoms with Gasteiger partial charge in [-0.1, -0.05) is 44.2 Å². The van der Waals surface area contributed by atoms with E-state index < -0.39 is 14.9 Å².